The molecule has 0 unspecified atom stereocenters. The normalized spacial score (nSPS) is 10.3. The molecule has 2 aromatic heterocycles. The molecular formula is C9H10N4. The number of hydrogen-bond donors (Lipinski definition) is 0. The molecule has 2 aromatic rings. The summed E-state index contributed by atoms with van der Waals surface area (Å²) in [5.41, 5.74) is 3.00. The van der Waals surface area contributed by atoms with Crippen LogP contribution < -0.4 is 0 Å². The van der Waals surface area contributed by atoms with Crippen LogP contribution in [0.15, 0.2) is 24.5 Å². The van der Waals surface area contributed by atoms with E-state index in [9.17, 15) is 0 Å². The van der Waals surface area contributed by atoms with Crippen molar-refractivity contribution in [3.63, 3.8) is 0 Å². The zero-order chi connectivity index (χ0) is 9.26. The summed E-state index contributed by atoms with van der Waals surface area (Å²) >= 11 is 0. The van der Waals surface area contributed by atoms with Crippen molar-refractivity contribution in [3.8, 4) is 11.3 Å². The van der Waals surface area contributed by atoms with Crippen LogP contribution in [0.5, 0.6) is 0 Å². The standard InChI is InChI=1S/C9H10N4/c1-7-9(13(2)12-11-7)8-4-3-5-10-6-8/h3-6H,1-2H3. The highest BCUT2D eigenvalue weighted by Crippen LogP contribution is 2.18. The second kappa shape index (κ2) is 2.97. The monoisotopic (exact) mass is 174 g/mol. The van der Waals surface area contributed by atoms with Crippen molar-refractivity contribution < 1.29 is 0 Å². The number of aryl methyl sites for hydroxylation is 2. The molecule has 66 valence electrons. The molecule has 2 heterocycles. The van der Waals surface area contributed by atoms with Gasteiger partial charge in [0.05, 0.1) is 11.4 Å². The predicted octanol–water partition coefficient (Wildman–Crippen LogP) is 1.19. The van der Waals surface area contributed by atoms with E-state index in [4.69, 9.17) is 0 Å². The lowest BCUT2D eigenvalue weighted by Crippen LogP contribution is -1.94. The van der Waals surface area contributed by atoms with Gasteiger partial charge in [0.1, 0.15) is 0 Å². The average molecular weight is 174 g/mol. The molecule has 0 aliphatic heterocycles. The molecule has 0 fully saturated rings. The highest BCUT2D eigenvalue weighted by Gasteiger charge is 2.07. The lowest BCUT2D eigenvalue weighted by atomic mass is 10.2. The van der Waals surface area contributed by atoms with Gasteiger partial charge in [0.25, 0.3) is 0 Å². The third-order valence-corrected chi connectivity index (χ3v) is 1.93. The fraction of sp³-hybridized carbons (Fsp3) is 0.222. The van der Waals surface area contributed by atoms with Gasteiger partial charge < -0.3 is 0 Å². The van der Waals surface area contributed by atoms with Gasteiger partial charge in [-0.15, -0.1) is 5.10 Å². The molecule has 0 aromatic carbocycles. The fourth-order valence-corrected chi connectivity index (χ4v) is 1.36. The van der Waals surface area contributed by atoms with E-state index in [1.807, 2.05) is 32.3 Å². The Labute approximate surface area is 76.2 Å². The largest absolute Gasteiger partial charge is 0.264 e. The van der Waals surface area contributed by atoms with Crippen molar-refractivity contribution >= 4 is 0 Å². The van der Waals surface area contributed by atoms with Crippen LogP contribution in [0.2, 0.25) is 0 Å². The molecule has 0 N–H and O–H groups in total. The molecular weight excluding hydrogens is 164 g/mol. The molecule has 2 rings (SSSR count). The molecule has 0 atom stereocenters. The van der Waals surface area contributed by atoms with Crippen LogP contribution in [0.1, 0.15) is 5.69 Å². The number of pyridine rings is 1. The van der Waals surface area contributed by atoms with E-state index in [0.717, 1.165) is 17.0 Å². The zero-order valence-corrected chi connectivity index (χ0v) is 7.60. The minimum atomic E-state index is 0.926. The van der Waals surface area contributed by atoms with Crippen molar-refractivity contribution in [3.05, 3.63) is 30.2 Å². The van der Waals surface area contributed by atoms with Gasteiger partial charge in [0, 0.05) is 25.0 Å². The van der Waals surface area contributed by atoms with E-state index >= 15 is 0 Å². The number of rotatable bonds is 1. The maximum absolute atomic E-state index is 4.05. The quantitative estimate of drug-likeness (QED) is 0.652. The first-order valence-corrected chi connectivity index (χ1v) is 4.05. The smallest absolute Gasteiger partial charge is 0.0926 e. The SMILES string of the molecule is Cc1nnn(C)c1-c1cccnc1. The van der Waals surface area contributed by atoms with Crippen LogP contribution in [0.4, 0.5) is 0 Å². The lowest BCUT2D eigenvalue weighted by molar-refractivity contribution is 0.719. The van der Waals surface area contributed by atoms with Gasteiger partial charge in [-0.25, -0.2) is 4.68 Å². The van der Waals surface area contributed by atoms with E-state index in [1.165, 1.54) is 0 Å². The first kappa shape index (κ1) is 7.91. The number of aromatic nitrogens is 4. The molecule has 13 heavy (non-hydrogen) atoms. The first-order valence-electron chi connectivity index (χ1n) is 4.05. The van der Waals surface area contributed by atoms with Crippen LogP contribution in [0.25, 0.3) is 11.3 Å². The van der Waals surface area contributed by atoms with E-state index in [2.05, 4.69) is 15.3 Å². The Balaban J connectivity index is 2.59. The van der Waals surface area contributed by atoms with E-state index in [1.54, 1.807) is 10.9 Å². The van der Waals surface area contributed by atoms with Crippen LogP contribution >= 0.6 is 0 Å². The predicted molar refractivity (Wildman–Crippen MR) is 49.0 cm³/mol. The third kappa shape index (κ3) is 1.30. The molecule has 0 saturated carbocycles. The highest BCUT2D eigenvalue weighted by atomic mass is 15.4. The van der Waals surface area contributed by atoms with Gasteiger partial charge >= 0.3 is 0 Å². The topological polar surface area (TPSA) is 43.6 Å². The molecule has 0 spiro atoms. The molecule has 0 aliphatic rings. The minimum Gasteiger partial charge on any atom is -0.264 e. The van der Waals surface area contributed by atoms with Gasteiger partial charge in [-0.3, -0.25) is 4.98 Å². The van der Waals surface area contributed by atoms with E-state index in [0.29, 0.717) is 0 Å². The summed E-state index contributed by atoms with van der Waals surface area (Å²) < 4.78 is 1.76. The fourth-order valence-electron chi connectivity index (χ4n) is 1.36. The van der Waals surface area contributed by atoms with Crippen molar-refractivity contribution in [1.29, 1.82) is 0 Å². The Morgan fingerprint density at radius 3 is 2.77 bits per heavy atom. The Hall–Kier alpha value is -1.71. The van der Waals surface area contributed by atoms with Gasteiger partial charge in [0.15, 0.2) is 0 Å². The average Bonchev–Trinajstić information content (AvgIpc) is 2.48. The summed E-state index contributed by atoms with van der Waals surface area (Å²) in [4.78, 5) is 4.05. The summed E-state index contributed by atoms with van der Waals surface area (Å²) in [5.74, 6) is 0. The van der Waals surface area contributed by atoms with Crippen molar-refractivity contribution in [2.75, 3.05) is 0 Å². The molecule has 0 aliphatic carbocycles. The maximum Gasteiger partial charge on any atom is 0.0926 e. The van der Waals surface area contributed by atoms with E-state index in [-0.39, 0.29) is 0 Å². The Bertz CT molecular complexity index is 385. The summed E-state index contributed by atoms with van der Waals surface area (Å²) in [6.45, 7) is 1.94. The lowest BCUT2D eigenvalue weighted by Gasteiger charge is -2.00. The second-order valence-electron chi connectivity index (χ2n) is 2.89. The van der Waals surface area contributed by atoms with Crippen LogP contribution in [0, 0.1) is 6.92 Å². The molecule has 0 amide bonds. The molecule has 4 nitrogen and oxygen atoms in total. The number of hydrogen-bond acceptors (Lipinski definition) is 3. The van der Waals surface area contributed by atoms with Gasteiger partial charge in [-0.1, -0.05) is 5.21 Å². The first-order chi connectivity index (χ1) is 6.29. The van der Waals surface area contributed by atoms with Gasteiger partial charge in [-0.2, -0.15) is 0 Å². The Morgan fingerprint density at radius 1 is 1.38 bits per heavy atom. The van der Waals surface area contributed by atoms with Gasteiger partial charge in [-0.05, 0) is 19.1 Å². The Kier molecular flexibility index (Phi) is 1.81. The van der Waals surface area contributed by atoms with Crippen molar-refractivity contribution in [2.45, 2.75) is 6.92 Å². The molecule has 4 heteroatoms. The minimum absolute atomic E-state index is 0.926. The van der Waals surface area contributed by atoms with Crippen LogP contribution in [0.3, 0.4) is 0 Å². The summed E-state index contributed by atoms with van der Waals surface area (Å²) in [6, 6.07) is 3.90. The molecule has 0 saturated heterocycles. The van der Waals surface area contributed by atoms with E-state index < -0.39 is 0 Å². The molecule has 0 radical (unpaired) electrons. The van der Waals surface area contributed by atoms with Crippen molar-refractivity contribution in [2.24, 2.45) is 7.05 Å². The second-order valence-corrected chi connectivity index (χ2v) is 2.89. The number of nitrogens with zero attached hydrogens (tertiary/aromatic N) is 4. The highest BCUT2D eigenvalue weighted by molar-refractivity contribution is 5.59. The van der Waals surface area contributed by atoms with Crippen LogP contribution in [-0.2, 0) is 7.05 Å². The summed E-state index contributed by atoms with van der Waals surface area (Å²) in [6.07, 6.45) is 3.56. The summed E-state index contributed by atoms with van der Waals surface area (Å²) in [7, 11) is 1.88. The van der Waals surface area contributed by atoms with Crippen molar-refractivity contribution in [1.82, 2.24) is 20.0 Å². The Morgan fingerprint density at radius 2 is 2.23 bits per heavy atom. The van der Waals surface area contributed by atoms with Gasteiger partial charge in [0.2, 0.25) is 0 Å². The molecule has 0 bridgehead atoms. The summed E-state index contributed by atoms with van der Waals surface area (Å²) in [5, 5.41) is 7.91. The zero-order valence-electron chi connectivity index (χ0n) is 7.60. The maximum atomic E-state index is 4.05. The van der Waals surface area contributed by atoms with Crippen LogP contribution in [-0.4, -0.2) is 20.0 Å². The third-order valence-electron chi connectivity index (χ3n) is 1.93.